The highest BCUT2D eigenvalue weighted by Crippen LogP contribution is 2.22. The van der Waals surface area contributed by atoms with Gasteiger partial charge in [-0.15, -0.1) is 0 Å². The zero-order valence-corrected chi connectivity index (χ0v) is 10.8. The maximum Gasteiger partial charge on any atom is 0.153 e. The van der Waals surface area contributed by atoms with Gasteiger partial charge in [-0.2, -0.15) is 5.26 Å². The van der Waals surface area contributed by atoms with Gasteiger partial charge in [-0.1, -0.05) is 18.2 Å². The molecule has 0 atom stereocenters. The number of nitriles is 1. The smallest absolute Gasteiger partial charge is 0.153 e. The van der Waals surface area contributed by atoms with E-state index < -0.39 is 0 Å². The van der Waals surface area contributed by atoms with Crippen LogP contribution < -0.4 is 4.90 Å². The van der Waals surface area contributed by atoms with E-state index in [0.717, 1.165) is 17.2 Å². The molecule has 0 spiro atoms. The molecule has 0 N–H and O–H groups in total. The highest BCUT2D eigenvalue weighted by Gasteiger charge is 2.12. The van der Waals surface area contributed by atoms with E-state index >= 15 is 0 Å². The molecule has 1 aromatic carbocycles. The standard InChI is InChI=1S/C15H15N3O/c1-2-18(9-5-8-16)15-13(11-19)10-12-6-3-4-7-14(12)17-15/h3-4,6-7,10-11H,2,5,9H2,1H3. The van der Waals surface area contributed by atoms with Gasteiger partial charge in [-0.05, 0) is 19.1 Å². The normalized spacial score (nSPS) is 10.1. The quantitative estimate of drug-likeness (QED) is 0.769. The van der Waals surface area contributed by atoms with Crippen molar-refractivity contribution in [3.63, 3.8) is 0 Å². The molecule has 4 nitrogen and oxygen atoms in total. The fourth-order valence-electron chi connectivity index (χ4n) is 2.06. The van der Waals surface area contributed by atoms with Crippen LogP contribution in [-0.2, 0) is 0 Å². The van der Waals surface area contributed by atoms with Crippen LogP contribution >= 0.6 is 0 Å². The van der Waals surface area contributed by atoms with Crippen molar-refractivity contribution in [3.8, 4) is 6.07 Å². The Bertz CT molecular complexity index is 631. The number of fused-ring (bicyclic) bond motifs is 1. The Hall–Kier alpha value is -2.41. The molecule has 0 fully saturated rings. The molecule has 2 rings (SSSR count). The molecule has 0 aliphatic carbocycles. The Kier molecular flexibility index (Phi) is 4.09. The van der Waals surface area contributed by atoms with E-state index in [-0.39, 0.29) is 0 Å². The zero-order chi connectivity index (χ0) is 13.7. The first-order valence-corrected chi connectivity index (χ1v) is 6.27. The molecule has 0 saturated heterocycles. The maximum atomic E-state index is 11.2. The minimum Gasteiger partial charge on any atom is -0.355 e. The molecule has 1 aromatic heterocycles. The Morgan fingerprint density at radius 3 is 2.89 bits per heavy atom. The van der Waals surface area contributed by atoms with E-state index in [1.54, 1.807) is 0 Å². The van der Waals surface area contributed by atoms with Gasteiger partial charge in [-0.3, -0.25) is 4.79 Å². The number of aromatic nitrogens is 1. The van der Waals surface area contributed by atoms with Crippen molar-refractivity contribution in [2.45, 2.75) is 13.3 Å². The van der Waals surface area contributed by atoms with Crippen LogP contribution in [0.1, 0.15) is 23.7 Å². The second kappa shape index (κ2) is 5.96. The van der Waals surface area contributed by atoms with Crippen molar-refractivity contribution in [2.24, 2.45) is 0 Å². The first-order valence-electron chi connectivity index (χ1n) is 6.27. The second-order valence-corrected chi connectivity index (χ2v) is 4.20. The van der Waals surface area contributed by atoms with Gasteiger partial charge in [0.15, 0.2) is 6.29 Å². The first kappa shape index (κ1) is 13.0. The molecule has 96 valence electrons. The van der Waals surface area contributed by atoms with Crippen molar-refractivity contribution in [3.05, 3.63) is 35.9 Å². The highest BCUT2D eigenvalue weighted by atomic mass is 16.1. The van der Waals surface area contributed by atoms with E-state index in [2.05, 4.69) is 11.1 Å². The molecular formula is C15H15N3O. The highest BCUT2D eigenvalue weighted by molar-refractivity contribution is 5.91. The average molecular weight is 253 g/mol. The van der Waals surface area contributed by atoms with E-state index in [1.807, 2.05) is 42.2 Å². The largest absolute Gasteiger partial charge is 0.355 e. The molecule has 0 bridgehead atoms. The van der Waals surface area contributed by atoms with Gasteiger partial charge in [0.2, 0.25) is 0 Å². The molecule has 0 saturated carbocycles. The number of pyridine rings is 1. The number of anilines is 1. The predicted molar refractivity (Wildman–Crippen MR) is 75.2 cm³/mol. The number of para-hydroxylation sites is 1. The Balaban J connectivity index is 2.50. The van der Waals surface area contributed by atoms with Crippen LogP contribution in [0, 0.1) is 11.3 Å². The molecular weight excluding hydrogens is 238 g/mol. The first-order chi connectivity index (χ1) is 9.30. The second-order valence-electron chi connectivity index (χ2n) is 4.20. The summed E-state index contributed by atoms with van der Waals surface area (Å²) in [4.78, 5) is 17.7. The lowest BCUT2D eigenvalue weighted by Gasteiger charge is -2.22. The molecule has 0 aliphatic rings. The molecule has 4 heteroatoms. The van der Waals surface area contributed by atoms with Gasteiger partial charge in [0.25, 0.3) is 0 Å². The summed E-state index contributed by atoms with van der Waals surface area (Å²) < 4.78 is 0. The third-order valence-electron chi connectivity index (χ3n) is 3.03. The van der Waals surface area contributed by atoms with E-state index in [1.165, 1.54) is 0 Å². The summed E-state index contributed by atoms with van der Waals surface area (Å²) in [6, 6.07) is 11.7. The minimum absolute atomic E-state index is 0.417. The van der Waals surface area contributed by atoms with Gasteiger partial charge in [0, 0.05) is 18.5 Å². The van der Waals surface area contributed by atoms with Crippen LogP contribution in [0.15, 0.2) is 30.3 Å². The summed E-state index contributed by atoms with van der Waals surface area (Å²) in [5, 5.41) is 9.64. The Labute approximate surface area is 112 Å². The van der Waals surface area contributed by atoms with Crippen LogP contribution in [-0.4, -0.2) is 24.4 Å². The van der Waals surface area contributed by atoms with Gasteiger partial charge < -0.3 is 4.90 Å². The summed E-state index contributed by atoms with van der Waals surface area (Å²) in [5.74, 6) is 0.659. The summed E-state index contributed by atoms with van der Waals surface area (Å²) >= 11 is 0. The molecule has 2 aromatic rings. The molecule has 1 heterocycles. The lowest BCUT2D eigenvalue weighted by molar-refractivity contribution is 0.112. The molecule has 19 heavy (non-hydrogen) atoms. The molecule has 0 unspecified atom stereocenters. The third kappa shape index (κ3) is 2.71. The average Bonchev–Trinajstić information content (AvgIpc) is 2.47. The van der Waals surface area contributed by atoms with Gasteiger partial charge in [-0.25, -0.2) is 4.98 Å². The van der Waals surface area contributed by atoms with E-state index in [0.29, 0.717) is 30.9 Å². The van der Waals surface area contributed by atoms with Crippen molar-refractivity contribution in [2.75, 3.05) is 18.0 Å². The summed E-state index contributed by atoms with van der Waals surface area (Å²) in [6.45, 7) is 3.29. The Morgan fingerprint density at radius 1 is 1.42 bits per heavy atom. The number of nitrogens with zero attached hydrogens (tertiary/aromatic N) is 3. The minimum atomic E-state index is 0.417. The summed E-state index contributed by atoms with van der Waals surface area (Å²) in [6.07, 6.45) is 1.24. The van der Waals surface area contributed by atoms with Crippen LogP contribution in [0.2, 0.25) is 0 Å². The monoisotopic (exact) mass is 253 g/mol. The molecule has 0 amide bonds. The van der Waals surface area contributed by atoms with Gasteiger partial charge in [0.05, 0.1) is 23.6 Å². The van der Waals surface area contributed by atoms with E-state index in [4.69, 9.17) is 5.26 Å². The number of carbonyl (C=O) groups is 1. The SMILES string of the molecule is CCN(CCC#N)c1nc2ccccc2cc1C=O. The number of hydrogen-bond donors (Lipinski definition) is 0. The predicted octanol–water partition coefficient (Wildman–Crippen LogP) is 2.79. The molecule has 0 radical (unpaired) electrons. The number of benzene rings is 1. The van der Waals surface area contributed by atoms with Crippen LogP contribution in [0.5, 0.6) is 0 Å². The fraction of sp³-hybridized carbons (Fsp3) is 0.267. The van der Waals surface area contributed by atoms with Crippen LogP contribution in [0.4, 0.5) is 5.82 Å². The summed E-state index contributed by atoms with van der Waals surface area (Å²) in [7, 11) is 0. The topological polar surface area (TPSA) is 57.0 Å². The van der Waals surface area contributed by atoms with Crippen molar-refractivity contribution < 1.29 is 4.79 Å². The van der Waals surface area contributed by atoms with Crippen molar-refractivity contribution in [1.29, 1.82) is 5.26 Å². The molecule has 0 aliphatic heterocycles. The number of hydrogen-bond acceptors (Lipinski definition) is 4. The number of carbonyl (C=O) groups excluding carboxylic acids is 1. The van der Waals surface area contributed by atoms with Crippen molar-refractivity contribution >= 4 is 23.0 Å². The fourth-order valence-corrected chi connectivity index (χ4v) is 2.06. The van der Waals surface area contributed by atoms with E-state index in [9.17, 15) is 4.79 Å². The van der Waals surface area contributed by atoms with Crippen molar-refractivity contribution in [1.82, 2.24) is 4.98 Å². The number of aldehydes is 1. The zero-order valence-electron chi connectivity index (χ0n) is 10.8. The lowest BCUT2D eigenvalue weighted by atomic mass is 10.1. The van der Waals surface area contributed by atoms with Crippen LogP contribution in [0.25, 0.3) is 10.9 Å². The summed E-state index contributed by atoms with van der Waals surface area (Å²) in [5.41, 5.74) is 1.43. The third-order valence-corrected chi connectivity index (χ3v) is 3.03. The Morgan fingerprint density at radius 2 is 2.21 bits per heavy atom. The van der Waals surface area contributed by atoms with Gasteiger partial charge in [0.1, 0.15) is 5.82 Å². The van der Waals surface area contributed by atoms with Crippen LogP contribution in [0.3, 0.4) is 0 Å². The maximum absolute atomic E-state index is 11.2. The van der Waals surface area contributed by atoms with Gasteiger partial charge >= 0.3 is 0 Å². The lowest BCUT2D eigenvalue weighted by Crippen LogP contribution is -2.26. The number of rotatable bonds is 5.